The van der Waals surface area contributed by atoms with Crippen molar-refractivity contribution in [1.29, 1.82) is 0 Å². The van der Waals surface area contributed by atoms with Gasteiger partial charge in [0, 0.05) is 34.5 Å². The summed E-state index contributed by atoms with van der Waals surface area (Å²) >= 11 is 3.57. The van der Waals surface area contributed by atoms with Crippen molar-refractivity contribution in [2.75, 3.05) is 0 Å². The number of aryl methyl sites for hydroxylation is 1. The quantitative estimate of drug-likeness (QED) is 0.776. The van der Waals surface area contributed by atoms with Gasteiger partial charge in [0.05, 0.1) is 0 Å². The van der Waals surface area contributed by atoms with E-state index in [1.165, 1.54) is 0 Å². The summed E-state index contributed by atoms with van der Waals surface area (Å²) in [6, 6.07) is 16.2. The molecule has 1 heterocycles. The highest BCUT2D eigenvalue weighted by Gasteiger charge is 2.38. The third-order valence-corrected chi connectivity index (χ3v) is 6.26. The van der Waals surface area contributed by atoms with Gasteiger partial charge >= 0.3 is 0 Å². The first-order valence-corrected chi connectivity index (χ1v) is 9.69. The third-order valence-electron chi connectivity index (χ3n) is 5.41. The molecule has 2 unspecified atom stereocenters. The zero-order valence-corrected chi connectivity index (χ0v) is 16.2. The SMILES string of the molecule is Cc1ccc(C2CC(=O)NC3=C2C(=O)CC(c2ccccc2)C3)cc1Br. The van der Waals surface area contributed by atoms with E-state index in [1.54, 1.807) is 0 Å². The maximum atomic E-state index is 13.0. The lowest BCUT2D eigenvalue weighted by molar-refractivity contribution is -0.122. The fourth-order valence-corrected chi connectivity index (χ4v) is 4.43. The van der Waals surface area contributed by atoms with Gasteiger partial charge in [-0.1, -0.05) is 58.4 Å². The molecule has 4 rings (SSSR count). The molecule has 2 aromatic rings. The van der Waals surface area contributed by atoms with Crippen molar-refractivity contribution in [1.82, 2.24) is 5.32 Å². The largest absolute Gasteiger partial charge is 0.329 e. The van der Waals surface area contributed by atoms with Gasteiger partial charge in [-0.3, -0.25) is 9.59 Å². The molecule has 26 heavy (non-hydrogen) atoms. The van der Waals surface area contributed by atoms with E-state index in [1.807, 2.05) is 43.3 Å². The van der Waals surface area contributed by atoms with Crippen molar-refractivity contribution in [2.45, 2.75) is 38.0 Å². The van der Waals surface area contributed by atoms with Gasteiger partial charge in [0.1, 0.15) is 0 Å². The van der Waals surface area contributed by atoms with Crippen LogP contribution in [0.2, 0.25) is 0 Å². The molecule has 1 aliphatic heterocycles. The second-order valence-corrected chi connectivity index (χ2v) is 8.00. The molecule has 0 bridgehead atoms. The lowest BCUT2D eigenvalue weighted by Crippen LogP contribution is -2.38. The van der Waals surface area contributed by atoms with E-state index in [2.05, 4.69) is 33.4 Å². The van der Waals surface area contributed by atoms with Gasteiger partial charge in [0.2, 0.25) is 5.91 Å². The average Bonchev–Trinajstić information content (AvgIpc) is 2.63. The summed E-state index contributed by atoms with van der Waals surface area (Å²) < 4.78 is 1.01. The summed E-state index contributed by atoms with van der Waals surface area (Å²) in [4.78, 5) is 25.4. The zero-order valence-electron chi connectivity index (χ0n) is 14.6. The summed E-state index contributed by atoms with van der Waals surface area (Å²) in [6.45, 7) is 2.03. The van der Waals surface area contributed by atoms with Crippen LogP contribution in [0.3, 0.4) is 0 Å². The summed E-state index contributed by atoms with van der Waals surface area (Å²) in [5.74, 6) is 0.125. The number of Topliss-reactive ketones (excluding diaryl/α,β-unsaturated/α-hetero) is 1. The highest BCUT2D eigenvalue weighted by molar-refractivity contribution is 9.10. The second-order valence-electron chi connectivity index (χ2n) is 7.14. The first-order chi connectivity index (χ1) is 12.5. The standard InChI is InChI=1S/C22H20BrNO2/c1-13-7-8-15(9-18(13)23)17-12-21(26)24-19-10-16(11-20(25)22(17)19)14-5-3-2-4-6-14/h2-9,16-17H,10-12H2,1H3,(H,24,26). The molecule has 0 saturated carbocycles. The summed E-state index contributed by atoms with van der Waals surface area (Å²) in [7, 11) is 0. The number of hydrogen-bond acceptors (Lipinski definition) is 2. The Bertz CT molecular complexity index is 917. The van der Waals surface area contributed by atoms with E-state index in [9.17, 15) is 9.59 Å². The Morgan fingerprint density at radius 1 is 0.962 bits per heavy atom. The summed E-state index contributed by atoms with van der Waals surface area (Å²) in [5, 5.41) is 2.98. The molecule has 0 spiro atoms. The number of benzene rings is 2. The van der Waals surface area contributed by atoms with Crippen LogP contribution >= 0.6 is 15.9 Å². The number of carbonyl (C=O) groups excluding carboxylic acids is 2. The third kappa shape index (κ3) is 3.14. The number of ketones is 1. The smallest absolute Gasteiger partial charge is 0.225 e. The molecule has 2 aromatic carbocycles. The first-order valence-electron chi connectivity index (χ1n) is 8.90. The van der Waals surface area contributed by atoms with Crippen molar-refractivity contribution in [3.05, 3.63) is 81.0 Å². The fraction of sp³-hybridized carbons (Fsp3) is 0.273. The Kier molecular flexibility index (Phi) is 4.53. The van der Waals surface area contributed by atoms with Gasteiger partial charge in [-0.2, -0.15) is 0 Å². The predicted molar refractivity (Wildman–Crippen MR) is 105 cm³/mol. The molecule has 1 N–H and O–H groups in total. The van der Waals surface area contributed by atoms with Gasteiger partial charge in [-0.15, -0.1) is 0 Å². The molecule has 0 radical (unpaired) electrons. The lowest BCUT2D eigenvalue weighted by Gasteiger charge is -2.34. The molecule has 2 aliphatic rings. The topological polar surface area (TPSA) is 46.2 Å². The van der Waals surface area contributed by atoms with Crippen molar-refractivity contribution in [3.63, 3.8) is 0 Å². The molecule has 132 valence electrons. The Hall–Kier alpha value is -2.20. The van der Waals surface area contributed by atoms with Gasteiger partial charge in [-0.25, -0.2) is 0 Å². The van der Waals surface area contributed by atoms with Gasteiger partial charge < -0.3 is 5.32 Å². The maximum absolute atomic E-state index is 13.0. The number of amides is 1. The minimum atomic E-state index is -0.153. The summed E-state index contributed by atoms with van der Waals surface area (Å²) in [6.07, 6.45) is 1.54. The molecule has 0 fully saturated rings. The molecular formula is C22H20BrNO2. The van der Waals surface area contributed by atoms with Crippen LogP contribution in [-0.4, -0.2) is 11.7 Å². The van der Waals surface area contributed by atoms with E-state index < -0.39 is 0 Å². The number of allylic oxidation sites excluding steroid dienone is 2. The van der Waals surface area contributed by atoms with Crippen molar-refractivity contribution >= 4 is 27.6 Å². The lowest BCUT2D eigenvalue weighted by atomic mass is 9.73. The Morgan fingerprint density at radius 3 is 2.46 bits per heavy atom. The van der Waals surface area contributed by atoms with Gasteiger partial charge in [0.25, 0.3) is 0 Å². The van der Waals surface area contributed by atoms with Crippen LogP contribution in [0.15, 0.2) is 64.3 Å². The minimum absolute atomic E-state index is 0.00745. The molecule has 1 aliphatic carbocycles. The van der Waals surface area contributed by atoms with E-state index >= 15 is 0 Å². The van der Waals surface area contributed by atoms with E-state index in [-0.39, 0.29) is 23.5 Å². The monoisotopic (exact) mass is 409 g/mol. The minimum Gasteiger partial charge on any atom is -0.329 e. The van der Waals surface area contributed by atoms with E-state index in [4.69, 9.17) is 0 Å². The maximum Gasteiger partial charge on any atom is 0.225 e. The molecule has 3 nitrogen and oxygen atoms in total. The number of hydrogen-bond donors (Lipinski definition) is 1. The number of nitrogens with one attached hydrogen (secondary N) is 1. The van der Waals surface area contributed by atoms with Crippen LogP contribution in [0, 0.1) is 6.92 Å². The fourth-order valence-electron chi connectivity index (χ4n) is 4.03. The molecule has 1 amide bonds. The Morgan fingerprint density at radius 2 is 1.73 bits per heavy atom. The molecule has 2 atom stereocenters. The highest BCUT2D eigenvalue weighted by Crippen LogP contribution is 2.43. The molecule has 4 heteroatoms. The first kappa shape index (κ1) is 17.2. The van der Waals surface area contributed by atoms with Crippen LogP contribution in [0.1, 0.15) is 47.8 Å². The number of carbonyl (C=O) groups is 2. The van der Waals surface area contributed by atoms with Crippen molar-refractivity contribution in [3.8, 4) is 0 Å². The Balaban J connectivity index is 1.73. The molecule has 0 saturated heterocycles. The van der Waals surface area contributed by atoms with Gasteiger partial charge in [-0.05, 0) is 42.0 Å². The Labute approximate surface area is 161 Å². The van der Waals surface area contributed by atoms with E-state index in [0.717, 1.165) is 32.4 Å². The molecular weight excluding hydrogens is 390 g/mol. The van der Waals surface area contributed by atoms with Crippen molar-refractivity contribution in [2.24, 2.45) is 0 Å². The zero-order chi connectivity index (χ0) is 18.3. The van der Waals surface area contributed by atoms with Crippen LogP contribution in [0.4, 0.5) is 0 Å². The van der Waals surface area contributed by atoms with Gasteiger partial charge in [0.15, 0.2) is 5.78 Å². The number of halogens is 1. The average molecular weight is 410 g/mol. The van der Waals surface area contributed by atoms with Crippen molar-refractivity contribution < 1.29 is 9.59 Å². The second kappa shape index (κ2) is 6.84. The van der Waals surface area contributed by atoms with Crippen LogP contribution in [0.5, 0.6) is 0 Å². The van der Waals surface area contributed by atoms with Crippen LogP contribution < -0.4 is 5.32 Å². The normalized spacial score (nSPS) is 22.8. The predicted octanol–water partition coefficient (Wildman–Crippen LogP) is 4.76. The molecule has 0 aromatic heterocycles. The summed E-state index contributed by atoms with van der Waals surface area (Å²) in [5.41, 5.74) is 4.93. The highest BCUT2D eigenvalue weighted by atomic mass is 79.9. The van der Waals surface area contributed by atoms with Crippen LogP contribution in [-0.2, 0) is 9.59 Å². The van der Waals surface area contributed by atoms with E-state index in [0.29, 0.717) is 19.3 Å². The van der Waals surface area contributed by atoms with Crippen LogP contribution in [0.25, 0.3) is 0 Å². The number of rotatable bonds is 2.